The van der Waals surface area contributed by atoms with Crippen molar-refractivity contribution in [3.8, 4) is 0 Å². The van der Waals surface area contributed by atoms with Crippen LogP contribution < -0.4 is 5.32 Å². The van der Waals surface area contributed by atoms with Crippen molar-refractivity contribution >= 4 is 23.7 Å². The SMILES string of the molecule is Cl.Fc1ccc(CNCC2CC2)s1. The molecule has 0 aliphatic heterocycles. The Labute approximate surface area is 87.8 Å². The third kappa shape index (κ3) is 3.63. The van der Waals surface area contributed by atoms with Crippen molar-refractivity contribution in [2.45, 2.75) is 19.4 Å². The zero-order valence-corrected chi connectivity index (χ0v) is 8.89. The highest BCUT2D eigenvalue weighted by atomic mass is 35.5. The van der Waals surface area contributed by atoms with Gasteiger partial charge < -0.3 is 5.32 Å². The first-order valence-corrected chi connectivity index (χ1v) is 5.11. The summed E-state index contributed by atoms with van der Waals surface area (Å²) in [7, 11) is 0. The molecule has 1 aliphatic carbocycles. The van der Waals surface area contributed by atoms with Crippen LogP contribution in [0, 0.1) is 11.0 Å². The molecular weight excluding hydrogens is 209 g/mol. The van der Waals surface area contributed by atoms with Crippen LogP contribution in [0.2, 0.25) is 0 Å². The molecule has 0 saturated heterocycles. The average molecular weight is 222 g/mol. The molecule has 0 radical (unpaired) electrons. The van der Waals surface area contributed by atoms with E-state index in [2.05, 4.69) is 5.32 Å². The van der Waals surface area contributed by atoms with Gasteiger partial charge in [0.2, 0.25) is 0 Å². The average Bonchev–Trinajstić information content (AvgIpc) is 2.76. The second-order valence-electron chi connectivity index (χ2n) is 3.28. The molecule has 0 amide bonds. The summed E-state index contributed by atoms with van der Waals surface area (Å²) in [6.07, 6.45) is 2.73. The van der Waals surface area contributed by atoms with E-state index in [-0.39, 0.29) is 17.5 Å². The van der Waals surface area contributed by atoms with Gasteiger partial charge in [-0.25, -0.2) is 0 Å². The van der Waals surface area contributed by atoms with Crippen LogP contribution in [0.15, 0.2) is 12.1 Å². The summed E-state index contributed by atoms with van der Waals surface area (Å²) in [5, 5.41) is 3.24. The molecular formula is C9H13ClFNS. The molecule has 1 aromatic rings. The van der Waals surface area contributed by atoms with E-state index in [0.29, 0.717) is 0 Å². The molecule has 1 aliphatic rings. The maximum absolute atomic E-state index is 12.5. The highest BCUT2D eigenvalue weighted by Gasteiger charge is 2.20. The van der Waals surface area contributed by atoms with Crippen molar-refractivity contribution < 1.29 is 4.39 Å². The molecule has 13 heavy (non-hydrogen) atoms. The minimum Gasteiger partial charge on any atom is -0.312 e. The van der Waals surface area contributed by atoms with Gasteiger partial charge in [-0.1, -0.05) is 0 Å². The van der Waals surface area contributed by atoms with Gasteiger partial charge in [0.1, 0.15) is 0 Å². The van der Waals surface area contributed by atoms with Crippen LogP contribution in [0.25, 0.3) is 0 Å². The summed E-state index contributed by atoms with van der Waals surface area (Å²) in [4.78, 5) is 1.09. The quantitative estimate of drug-likeness (QED) is 0.825. The highest BCUT2D eigenvalue weighted by Crippen LogP contribution is 2.27. The second-order valence-corrected chi connectivity index (χ2v) is 4.40. The van der Waals surface area contributed by atoms with Gasteiger partial charge in [-0.3, -0.25) is 0 Å². The van der Waals surface area contributed by atoms with Crippen LogP contribution in [-0.2, 0) is 6.54 Å². The van der Waals surface area contributed by atoms with E-state index in [0.717, 1.165) is 23.9 Å². The lowest BCUT2D eigenvalue weighted by Crippen LogP contribution is -2.15. The first-order chi connectivity index (χ1) is 5.84. The van der Waals surface area contributed by atoms with Gasteiger partial charge in [0, 0.05) is 11.4 Å². The molecule has 1 aromatic heterocycles. The van der Waals surface area contributed by atoms with E-state index in [1.807, 2.05) is 6.07 Å². The largest absolute Gasteiger partial charge is 0.312 e. The molecule has 2 rings (SSSR count). The maximum Gasteiger partial charge on any atom is 0.176 e. The van der Waals surface area contributed by atoms with Crippen molar-refractivity contribution in [3.05, 3.63) is 22.1 Å². The molecule has 74 valence electrons. The molecule has 0 bridgehead atoms. The summed E-state index contributed by atoms with van der Waals surface area (Å²) in [5.41, 5.74) is 0. The lowest BCUT2D eigenvalue weighted by Gasteiger charge is -1.99. The van der Waals surface area contributed by atoms with Crippen LogP contribution in [0.3, 0.4) is 0 Å². The van der Waals surface area contributed by atoms with Crippen LogP contribution in [0.5, 0.6) is 0 Å². The lowest BCUT2D eigenvalue weighted by atomic mass is 10.4. The minimum absolute atomic E-state index is 0. The molecule has 1 nitrogen and oxygen atoms in total. The van der Waals surface area contributed by atoms with Gasteiger partial charge in [0.25, 0.3) is 0 Å². The fourth-order valence-corrected chi connectivity index (χ4v) is 1.87. The zero-order valence-electron chi connectivity index (χ0n) is 7.25. The van der Waals surface area contributed by atoms with Crippen molar-refractivity contribution in [1.82, 2.24) is 5.32 Å². The van der Waals surface area contributed by atoms with E-state index in [1.54, 1.807) is 0 Å². The van der Waals surface area contributed by atoms with Crippen LogP contribution in [0.1, 0.15) is 17.7 Å². The normalized spacial score (nSPS) is 15.5. The summed E-state index contributed by atoms with van der Waals surface area (Å²) in [6.45, 7) is 1.92. The number of nitrogens with one attached hydrogen (secondary N) is 1. The Morgan fingerprint density at radius 2 is 2.23 bits per heavy atom. The maximum atomic E-state index is 12.5. The van der Waals surface area contributed by atoms with Crippen molar-refractivity contribution in [3.63, 3.8) is 0 Å². The Kier molecular flexibility index (Phi) is 4.16. The van der Waals surface area contributed by atoms with Gasteiger partial charge in [-0.15, -0.1) is 23.7 Å². The summed E-state index contributed by atoms with van der Waals surface area (Å²) < 4.78 is 12.5. The summed E-state index contributed by atoms with van der Waals surface area (Å²) in [6, 6.07) is 3.37. The lowest BCUT2D eigenvalue weighted by molar-refractivity contribution is 0.643. The Balaban J connectivity index is 0.000000845. The molecule has 1 saturated carbocycles. The van der Waals surface area contributed by atoms with Gasteiger partial charge in [-0.2, -0.15) is 4.39 Å². The number of rotatable bonds is 4. The smallest absolute Gasteiger partial charge is 0.176 e. The zero-order chi connectivity index (χ0) is 8.39. The number of thiophene rings is 1. The van der Waals surface area contributed by atoms with E-state index >= 15 is 0 Å². The molecule has 0 atom stereocenters. The summed E-state index contributed by atoms with van der Waals surface area (Å²) in [5.74, 6) is 0.898. The van der Waals surface area contributed by atoms with Gasteiger partial charge >= 0.3 is 0 Å². The monoisotopic (exact) mass is 221 g/mol. The fraction of sp³-hybridized carbons (Fsp3) is 0.556. The van der Waals surface area contributed by atoms with Crippen molar-refractivity contribution in [2.75, 3.05) is 6.54 Å². The van der Waals surface area contributed by atoms with Crippen LogP contribution >= 0.6 is 23.7 Å². The molecule has 1 fully saturated rings. The number of halogens is 2. The Morgan fingerprint density at radius 1 is 1.46 bits per heavy atom. The topological polar surface area (TPSA) is 12.0 Å². The highest BCUT2D eigenvalue weighted by molar-refractivity contribution is 7.10. The first-order valence-electron chi connectivity index (χ1n) is 4.29. The van der Waals surface area contributed by atoms with Gasteiger partial charge in [0.15, 0.2) is 5.13 Å². The van der Waals surface area contributed by atoms with E-state index in [9.17, 15) is 4.39 Å². The van der Waals surface area contributed by atoms with E-state index in [4.69, 9.17) is 0 Å². The Morgan fingerprint density at radius 3 is 2.77 bits per heavy atom. The van der Waals surface area contributed by atoms with Gasteiger partial charge in [-0.05, 0) is 37.4 Å². The van der Waals surface area contributed by atoms with E-state index in [1.165, 1.54) is 30.2 Å². The molecule has 0 spiro atoms. The Hall–Kier alpha value is -0.120. The predicted molar refractivity (Wildman–Crippen MR) is 56.0 cm³/mol. The van der Waals surface area contributed by atoms with Crippen molar-refractivity contribution in [1.29, 1.82) is 0 Å². The minimum atomic E-state index is -0.0850. The van der Waals surface area contributed by atoms with Crippen LogP contribution in [-0.4, -0.2) is 6.54 Å². The standard InChI is InChI=1S/C9H12FNS.ClH/c10-9-4-3-8(12-9)6-11-5-7-1-2-7;/h3-4,7,11H,1-2,5-6H2;1H. The van der Waals surface area contributed by atoms with Gasteiger partial charge in [0.05, 0.1) is 0 Å². The Bertz CT molecular complexity index is 260. The molecule has 0 unspecified atom stereocenters. The van der Waals surface area contributed by atoms with Crippen molar-refractivity contribution in [2.24, 2.45) is 5.92 Å². The third-order valence-electron chi connectivity index (χ3n) is 2.06. The summed E-state index contributed by atoms with van der Waals surface area (Å²) >= 11 is 1.23. The van der Waals surface area contributed by atoms with E-state index < -0.39 is 0 Å². The molecule has 4 heteroatoms. The predicted octanol–water partition coefficient (Wildman–Crippen LogP) is 2.81. The first kappa shape index (κ1) is 11.0. The third-order valence-corrected chi connectivity index (χ3v) is 2.93. The fourth-order valence-electron chi connectivity index (χ4n) is 1.17. The molecule has 0 aromatic carbocycles. The second kappa shape index (κ2) is 4.94. The molecule has 1 heterocycles. The molecule has 1 N–H and O–H groups in total. The number of hydrogen-bond acceptors (Lipinski definition) is 2. The van der Waals surface area contributed by atoms with Crippen LogP contribution in [0.4, 0.5) is 4.39 Å². The number of hydrogen-bond donors (Lipinski definition) is 1.